The van der Waals surface area contributed by atoms with E-state index in [9.17, 15) is 0 Å². The fraction of sp³-hybridized carbons (Fsp3) is 0.533. The van der Waals surface area contributed by atoms with E-state index in [0.717, 1.165) is 25.2 Å². The quantitative estimate of drug-likeness (QED) is 0.927. The summed E-state index contributed by atoms with van der Waals surface area (Å²) in [7, 11) is 0. The van der Waals surface area contributed by atoms with Crippen LogP contribution in [-0.4, -0.2) is 26.8 Å². The highest BCUT2D eigenvalue weighted by molar-refractivity contribution is 5.32. The van der Waals surface area contributed by atoms with E-state index in [2.05, 4.69) is 59.0 Å². The number of nitrogens with zero attached hydrogens (tertiary/aromatic N) is 4. The summed E-state index contributed by atoms with van der Waals surface area (Å²) < 4.78 is 2.01. The molecule has 0 radical (unpaired) electrons. The molecule has 0 fully saturated rings. The fourth-order valence-electron chi connectivity index (χ4n) is 3.09. The topological polar surface area (TPSA) is 55.6 Å². The lowest BCUT2D eigenvalue weighted by molar-refractivity contribution is 0.407. The van der Waals surface area contributed by atoms with E-state index in [1.807, 2.05) is 4.68 Å². The molecule has 1 aromatic carbocycles. The third kappa shape index (κ3) is 2.33. The Morgan fingerprint density at radius 3 is 3.10 bits per heavy atom. The molecule has 0 spiro atoms. The molecule has 1 N–H and O–H groups in total. The van der Waals surface area contributed by atoms with Gasteiger partial charge in [0, 0.05) is 0 Å². The van der Waals surface area contributed by atoms with Crippen LogP contribution in [0.4, 0.5) is 0 Å². The number of hydrogen-bond donors (Lipinski definition) is 1. The van der Waals surface area contributed by atoms with E-state index in [-0.39, 0.29) is 12.1 Å². The first-order valence-electron chi connectivity index (χ1n) is 7.40. The van der Waals surface area contributed by atoms with Crippen LogP contribution in [-0.2, 0) is 6.42 Å². The molecular weight excluding hydrogens is 250 g/mol. The summed E-state index contributed by atoms with van der Waals surface area (Å²) in [6.07, 6.45) is 3.46. The van der Waals surface area contributed by atoms with E-state index in [1.165, 1.54) is 17.5 Å². The van der Waals surface area contributed by atoms with Crippen LogP contribution in [0.25, 0.3) is 0 Å². The van der Waals surface area contributed by atoms with Gasteiger partial charge in [0.1, 0.15) is 0 Å². The van der Waals surface area contributed by atoms with Gasteiger partial charge in [0.25, 0.3) is 0 Å². The number of nitrogens with one attached hydrogen (secondary N) is 1. The smallest absolute Gasteiger partial charge is 0.168 e. The highest BCUT2D eigenvalue weighted by Crippen LogP contribution is 2.33. The Labute approximate surface area is 119 Å². The molecule has 0 saturated carbocycles. The molecule has 2 atom stereocenters. The predicted octanol–water partition coefficient (Wildman–Crippen LogP) is 2.27. The van der Waals surface area contributed by atoms with E-state index in [4.69, 9.17) is 0 Å². The Morgan fingerprint density at radius 2 is 2.25 bits per heavy atom. The molecular formula is C15H21N5. The Morgan fingerprint density at radius 1 is 1.40 bits per heavy atom. The predicted molar refractivity (Wildman–Crippen MR) is 77.4 cm³/mol. The van der Waals surface area contributed by atoms with Crippen LogP contribution in [0.15, 0.2) is 24.3 Å². The zero-order chi connectivity index (χ0) is 13.9. The largest absolute Gasteiger partial charge is 0.308 e. The molecule has 2 aromatic rings. The van der Waals surface area contributed by atoms with Crippen LogP contribution in [0, 0.1) is 0 Å². The first-order valence-corrected chi connectivity index (χ1v) is 7.40. The van der Waals surface area contributed by atoms with Crippen molar-refractivity contribution in [1.29, 1.82) is 0 Å². The van der Waals surface area contributed by atoms with Crippen molar-refractivity contribution in [3.8, 4) is 0 Å². The molecule has 1 aliphatic rings. The van der Waals surface area contributed by atoms with E-state index < -0.39 is 0 Å². The van der Waals surface area contributed by atoms with Crippen molar-refractivity contribution >= 4 is 0 Å². The minimum atomic E-state index is 0.170. The van der Waals surface area contributed by atoms with Crippen molar-refractivity contribution in [3.63, 3.8) is 0 Å². The van der Waals surface area contributed by atoms with Gasteiger partial charge >= 0.3 is 0 Å². The number of aryl methyl sites for hydroxylation is 1. The molecule has 3 rings (SSSR count). The molecule has 1 aromatic heterocycles. The third-order valence-electron chi connectivity index (χ3n) is 4.05. The number of fused-ring (bicyclic) bond motifs is 1. The normalized spacial score (nSPS) is 19.6. The summed E-state index contributed by atoms with van der Waals surface area (Å²) >= 11 is 0. The molecule has 0 saturated heterocycles. The van der Waals surface area contributed by atoms with Crippen LogP contribution < -0.4 is 5.32 Å². The number of benzene rings is 1. The molecule has 5 heteroatoms. The second-order valence-electron chi connectivity index (χ2n) is 5.37. The maximum atomic E-state index is 4.26. The monoisotopic (exact) mass is 271 g/mol. The van der Waals surface area contributed by atoms with Crippen LogP contribution in [0.1, 0.15) is 55.7 Å². The fourth-order valence-corrected chi connectivity index (χ4v) is 3.09. The van der Waals surface area contributed by atoms with Crippen LogP contribution in [0.3, 0.4) is 0 Å². The number of aromatic nitrogens is 4. The molecule has 106 valence electrons. The summed E-state index contributed by atoms with van der Waals surface area (Å²) in [6.45, 7) is 5.12. The van der Waals surface area contributed by atoms with Crippen molar-refractivity contribution in [3.05, 3.63) is 41.2 Å². The lowest BCUT2D eigenvalue weighted by Gasteiger charge is -2.27. The minimum absolute atomic E-state index is 0.170. The van der Waals surface area contributed by atoms with Gasteiger partial charge in [0.15, 0.2) is 5.82 Å². The molecule has 2 unspecified atom stereocenters. The third-order valence-corrected chi connectivity index (χ3v) is 4.05. The average molecular weight is 271 g/mol. The van der Waals surface area contributed by atoms with Gasteiger partial charge < -0.3 is 5.32 Å². The van der Waals surface area contributed by atoms with Crippen LogP contribution in [0.2, 0.25) is 0 Å². The summed E-state index contributed by atoms with van der Waals surface area (Å²) in [5.74, 6) is 0.925. The van der Waals surface area contributed by atoms with Gasteiger partial charge in [0.2, 0.25) is 0 Å². The van der Waals surface area contributed by atoms with Crippen molar-refractivity contribution in [2.24, 2.45) is 0 Å². The van der Waals surface area contributed by atoms with Crippen LogP contribution >= 0.6 is 0 Å². The average Bonchev–Trinajstić information content (AvgIpc) is 2.96. The van der Waals surface area contributed by atoms with Crippen molar-refractivity contribution < 1.29 is 0 Å². The maximum absolute atomic E-state index is 4.26. The second kappa shape index (κ2) is 5.71. The molecule has 0 bridgehead atoms. The first-order chi connectivity index (χ1) is 9.81. The van der Waals surface area contributed by atoms with Gasteiger partial charge in [-0.1, -0.05) is 31.2 Å². The van der Waals surface area contributed by atoms with Gasteiger partial charge in [-0.2, -0.15) is 0 Å². The maximum Gasteiger partial charge on any atom is 0.168 e. The van der Waals surface area contributed by atoms with E-state index in [1.54, 1.807) is 0 Å². The van der Waals surface area contributed by atoms with E-state index in [0.29, 0.717) is 0 Å². The zero-order valence-corrected chi connectivity index (χ0v) is 12.1. The first kappa shape index (κ1) is 13.2. The molecule has 20 heavy (non-hydrogen) atoms. The van der Waals surface area contributed by atoms with Gasteiger partial charge in [-0.15, -0.1) is 5.10 Å². The Kier molecular flexibility index (Phi) is 3.78. The van der Waals surface area contributed by atoms with Gasteiger partial charge in [-0.3, -0.25) is 0 Å². The van der Waals surface area contributed by atoms with E-state index >= 15 is 0 Å². The Balaban J connectivity index is 1.97. The molecule has 0 aliphatic heterocycles. The standard InChI is InChI=1S/C15H21N5/c1-3-16-11(2)15-17-18-19-20(15)14-10-6-8-12-7-4-5-9-13(12)14/h4-5,7,9,11,14,16H,3,6,8,10H2,1-2H3. The molecule has 1 aliphatic carbocycles. The van der Waals surface area contributed by atoms with Crippen molar-refractivity contribution in [2.75, 3.05) is 6.54 Å². The molecule has 0 amide bonds. The van der Waals surface area contributed by atoms with Crippen molar-refractivity contribution in [2.45, 2.75) is 45.2 Å². The van der Waals surface area contributed by atoms with Gasteiger partial charge in [0.05, 0.1) is 12.1 Å². The highest BCUT2D eigenvalue weighted by Gasteiger charge is 2.26. The summed E-state index contributed by atoms with van der Waals surface area (Å²) in [5, 5.41) is 15.8. The number of tetrazole rings is 1. The summed E-state index contributed by atoms with van der Waals surface area (Å²) in [4.78, 5) is 0. The number of hydrogen-bond acceptors (Lipinski definition) is 4. The highest BCUT2D eigenvalue weighted by atomic mass is 15.6. The zero-order valence-electron chi connectivity index (χ0n) is 12.1. The van der Waals surface area contributed by atoms with Crippen molar-refractivity contribution in [1.82, 2.24) is 25.5 Å². The molecule has 5 nitrogen and oxygen atoms in total. The van der Waals surface area contributed by atoms with Gasteiger partial charge in [-0.05, 0) is 54.3 Å². The SMILES string of the molecule is CCNC(C)c1nnnn1C1CCCc2ccccc21. The number of rotatable bonds is 4. The lowest BCUT2D eigenvalue weighted by atomic mass is 9.88. The van der Waals surface area contributed by atoms with Gasteiger partial charge in [-0.25, -0.2) is 4.68 Å². The lowest BCUT2D eigenvalue weighted by Crippen LogP contribution is -2.26. The molecule has 1 heterocycles. The minimum Gasteiger partial charge on any atom is -0.308 e. The Hall–Kier alpha value is -1.75. The van der Waals surface area contributed by atoms with Crippen LogP contribution in [0.5, 0.6) is 0 Å². The Bertz CT molecular complexity index is 577. The summed E-state index contributed by atoms with van der Waals surface area (Å²) in [5.41, 5.74) is 2.80. The summed E-state index contributed by atoms with van der Waals surface area (Å²) in [6, 6.07) is 9.09. The second-order valence-corrected chi connectivity index (χ2v) is 5.37.